The number of benzene rings is 1. The Hall–Kier alpha value is -3.16. The predicted molar refractivity (Wildman–Crippen MR) is 122 cm³/mol. The zero-order valence-corrected chi connectivity index (χ0v) is 19.2. The zero-order valence-electron chi connectivity index (χ0n) is 19.2. The Balaban J connectivity index is 2.20. The van der Waals surface area contributed by atoms with Crippen molar-refractivity contribution in [2.24, 2.45) is 0 Å². The highest BCUT2D eigenvalue weighted by Gasteiger charge is 2.29. The molecule has 8 nitrogen and oxygen atoms in total. The Kier molecular flexibility index (Phi) is 7.01. The molecule has 1 amide bonds. The third kappa shape index (κ3) is 4.69. The van der Waals surface area contributed by atoms with Crippen LogP contribution in [0.25, 0.3) is 0 Å². The summed E-state index contributed by atoms with van der Waals surface area (Å²) in [5.41, 5.74) is 1.89. The van der Waals surface area contributed by atoms with Crippen LogP contribution in [0.5, 0.6) is 5.88 Å². The number of aromatic hydroxyl groups is 1. The van der Waals surface area contributed by atoms with Crippen LogP contribution in [0.4, 0.5) is 0 Å². The molecule has 0 atom stereocenters. The second kappa shape index (κ2) is 9.54. The fourth-order valence-corrected chi connectivity index (χ4v) is 4.57. The van der Waals surface area contributed by atoms with Crippen LogP contribution in [0.3, 0.4) is 0 Å². The molecule has 1 aromatic carbocycles. The highest BCUT2D eigenvalue weighted by atomic mass is 16.3. The largest absolute Gasteiger partial charge is 0.494 e. The van der Waals surface area contributed by atoms with E-state index in [1.54, 1.807) is 0 Å². The Morgan fingerprint density at radius 3 is 2.22 bits per heavy atom. The Morgan fingerprint density at radius 1 is 1.06 bits per heavy atom. The van der Waals surface area contributed by atoms with Crippen molar-refractivity contribution in [1.82, 2.24) is 14.5 Å². The summed E-state index contributed by atoms with van der Waals surface area (Å²) in [5, 5.41) is 13.3. The lowest BCUT2D eigenvalue weighted by Gasteiger charge is -2.25. The summed E-state index contributed by atoms with van der Waals surface area (Å²) >= 11 is 0. The van der Waals surface area contributed by atoms with E-state index in [1.165, 1.54) is 6.92 Å². The van der Waals surface area contributed by atoms with Crippen molar-refractivity contribution in [3.63, 3.8) is 0 Å². The highest BCUT2D eigenvalue weighted by Crippen LogP contribution is 2.27. The molecular weight excluding hydrogens is 410 g/mol. The van der Waals surface area contributed by atoms with E-state index in [1.807, 2.05) is 32.9 Å². The van der Waals surface area contributed by atoms with Gasteiger partial charge in [0.25, 0.3) is 11.5 Å². The molecule has 1 fully saturated rings. The molecule has 2 aromatic rings. The van der Waals surface area contributed by atoms with Gasteiger partial charge >= 0.3 is 5.69 Å². The first-order chi connectivity index (χ1) is 15.1. The average molecular weight is 442 g/mol. The highest BCUT2D eigenvalue weighted by molar-refractivity contribution is 5.97. The number of rotatable bonds is 6. The van der Waals surface area contributed by atoms with E-state index in [9.17, 15) is 24.3 Å². The number of nitrogens with zero attached hydrogens (tertiary/aromatic N) is 2. The average Bonchev–Trinajstić information content (AvgIpc) is 2.72. The molecule has 0 bridgehead atoms. The number of aryl methyl sites for hydroxylation is 3. The molecule has 8 heteroatoms. The fourth-order valence-electron chi connectivity index (χ4n) is 4.57. The van der Waals surface area contributed by atoms with E-state index in [-0.39, 0.29) is 24.9 Å². The summed E-state index contributed by atoms with van der Waals surface area (Å²) in [4.78, 5) is 50.7. The molecule has 1 aromatic heterocycles. The minimum absolute atomic E-state index is 0.0304. The topological polar surface area (TPSA) is 110 Å². The minimum atomic E-state index is -0.863. The van der Waals surface area contributed by atoms with Crippen molar-refractivity contribution in [1.29, 1.82) is 0 Å². The summed E-state index contributed by atoms with van der Waals surface area (Å²) in [6, 6.07) is 3.65. The maximum Gasteiger partial charge on any atom is 0.334 e. The minimum Gasteiger partial charge on any atom is -0.494 e. The third-order valence-electron chi connectivity index (χ3n) is 6.17. The standard InChI is InChI=1S/C24H31N3O5/c1-14-10-15(2)19(16(3)11-14)13-26-22(30)20(21(29)25-12-17(4)28)23(31)27(24(26)32)18-8-6-5-7-9-18/h10-11,18,30H,5-9,12-13H2,1-4H3,(H,25,29). The molecule has 1 saturated carbocycles. The van der Waals surface area contributed by atoms with E-state index in [2.05, 4.69) is 5.32 Å². The maximum absolute atomic E-state index is 13.4. The van der Waals surface area contributed by atoms with Gasteiger partial charge in [0.05, 0.1) is 13.1 Å². The zero-order chi connectivity index (χ0) is 23.6. The van der Waals surface area contributed by atoms with Gasteiger partial charge in [-0.2, -0.15) is 0 Å². The van der Waals surface area contributed by atoms with E-state index in [4.69, 9.17) is 0 Å². The lowest BCUT2D eigenvalue weighted by atomic mass is 9.95. The van der Waals surface area contributed by atoms with Gasteiger partial charge in [-0.05, 0) is 57.2 Å². The van der Waals surface area contributed by atoms with E-state index in [0.717, 1.165) is 50.7 Å². The second-order valence-corrected chi connectivity index (χ2v) is 8.80. The first-order valence-corrected chi connectivity index (χ1v) is 11.0. The van der Waals surface area contributed by atoms with Gasteiger partial charge in [0.1, 0.15) is 5.78 Å². The lowest BCUT2D eigenvalue weighted by Crippen LogP contribution is -2.47. The quantitative estimate of drug-likeness (QED) is 0.716. The number of amides is 1. The molecule has 172 valence electrons. The van der Waals surface area contributed by atoms with E-state index in [0.29, 0.717) is 12.8 Å². The van der Waals surface area contributed by atoms with Crippen molar-refractivity contribution in [3.8, 4) is 5.88 Å². The number of hydrogen-bond donors (Lipinski definition) is 2. The van der Waals surface area contributed by atoms with Crippen molar-refractivity contribution in [3.05, 3.63) is 60.8 Å². The number of nitrogens with one attached hydrogen (secondary N) is 1. The maximum atomic E-state index is 13.4. The third-order valence-corrected chi connectivity index (χ3v) is 6.17. The Morgan fingerprint density at radius 2 is 1.66 bits per heavy atom. The van der Waals surface area contributed by atoms with Crippen LogP contribution in [-0.4, -0.2) is 32.5 Å². The molecule has 2 N–H and O–H groups in total. The molecule has 0 unspecified atom stereocenters. The summed E-state index contributed by atoms with van der Waals surface area (Å²) in [5.74, 6) is -1.82. The van der Waals surface area contributed by atoms with Crippen LogP contribution in [0, 0.1) is 20.8 Å². The van der Waals surface area contributed by atoms with Gasteiger partial charge in [0, 0.05) is 6.04 Å². The van der Waals surface area contributed by atoms with Crippen LogP contribution in [-0.2, 0) is 11.3 Å². The van der Waals surface area contributed by atoms with E-state index >= 15 is 0 Å². The van der Waals surface area contributed by atoms with Gasteiger partial charge in [-0.25, -0.2) is 4.79 Å². The number of carbonyl (C=O) groups excluding carboxylic acids is 2. The predicted octanol–water partition coefficient (Wildman–Crippen LogP) is 2.51. The van der Waals surface area contributed by atoms with Crippen molar-refractivity contribution >= 4 is 11.7 Å². The van der Waals surface area contributed by atoms with Crippen LogP contribution in [0.1, 0.15) is 77.7 Å². The monoisotopic (exact) mass is 441 g/mol. The molecule has 1 aliphatic carbocycles. The number of Topliss-reactive ketones (excluding diaryl/α,β-unsaturated/α-hetero) is 1. The van der Waals surface area contributed by atoms with Crippen molar-refractivity contribution in [2.45, 2.75) is 72.4 Å². The molecule has 3 rings (SSSR count). The number of ketones is 1. The normalized spacial score (nSPS) is 14.4. The van der Waals surface area contributed by atoms with Gasteiger partial charge < -0.3 is 10.4 Å². The lowest BCUT2D eigenvalue weighted by molar-refractivity contribution is -0.116. The Bertz CT molecular complexity index is 1150. The van der Waals surface area contributed by atoms with E-state index < -0.39 is 28.6 Å². The first-order valence-electron chi connectivity index (χ1n) is 11.0. The summed E-state index contributed by atoms with van der Waals surface area (Å²) < 4.78 is 2.23. The van der Waals surface area contributed by atoms with Gasteiger partial charge in [0.2, 0.25) is 5.88 Å². The molecule has 1 heterocycles. The molecule has 0 radical (unpaired) electrons. The van der Waals surface area contributed by atoms with Gasteiger partial charge in [0.15, 0.2) is 5.56 Å². The molecule has 0 aliphatic heterocycles. The van der Waals surface area contributed by atoms with Gasteiger partial charge in [-0.3, -0.25) is 23.5 Å². The molecule has 1 aliphatic rings. The smallest absolute Gasteiger partial charge is 0.334 e. The van der Waals surface area contributed by atoms with Crippen LogP contribution in [0.15, 0.2) is 21.7 Å². The number of carbonyl (C=O) groups is 2. The number of hydrogen-bond acceptors (Lipinski definition) is 5. The molecular formula is C24H31N3O5. The molecule has 32 heavy (non-hydrogen) atoms. The summed E-state index contributed by atoms with van der Waals surface area (Å²) in [6.07, 6.45) is 4.14. The van der Waals surface area contributed by atoms with Crippen molar-refractivity contribution < 1.29 is 14.7 Å². The first kappa shape index (κ1) is 23.5. The second-order valence-electron chi connectivity index (χ2n) is 8.80. The SMILES string of the molecule is CC(=O)CNC(=O)c1c(O)n(Cc2c(C)cc(C)cc2C)c(=O)n(C2CCCCC2)c1=O. The van der Waals surface area contributed by atoms with Crippen LogP contribution >= 0.6 is 0 Å². The van der Waals surface area contributed by atoms with Gasteiger partial charge in [-0.1, -0.05) is 37.0 Å². The summed E-state index contributed by atoms with van der Waals surface area (Å²) in [6.45, 7) is 6.90. The fraction of sp³-hybridized carbons (Fsp3) is 0.500. The van der Waals surface area contributed by atoms with Crippen LogP contribution < -0.4 is 16.6 Å². The van der Waals surface area contributed by atoms with Crippen LogP contribution in [0.2, 0.25) is 0 Å². The Labute approximate surface area is 186 Å². The molecule has 0 spiro atoms. The van der Waals surface area contributed by atoms with Crippen molar-refractivity contribution in [2.75, 3.05) is 6.54 Å². The van der Waals surface area contributed by atoms with Gasteiger partial charge in [-0.15, -0.1) is 0 Å². The number of aromatic nitrogens is 2. The summed E-state index contributed by atoms with van der Waals surface area (Å²) in [7, 11) is 0. The molecule has 0 saturated heterocycles.